The number of nitrogens with zero attached hydrogens (tertiary/aromatic N) is 2. The van der Waals surface area contributed by atoms with Crippen LogP contribution in [0.5, 0.6) is 0 Å². The minimum atomic E-state index is 0. The van der Waals surface area contributed by atoms with E-state index in [1.807, 2.05) is 0 Å². The normalized spacial score (nSPS) is 16.7. The Morgan fingerprint density at radius 2 is 1.43 bits per heavy atom. The molecular formula is C10H24N2VW-4. The summed E-state index contributed by atoms with van der Waals surface area (Å²) in [5.41, 5.74) is 0. The largest absolute Gasteiger partial charge is 0.458 e. The average molecular weight is 407 g/mol. The Morgan fingerprint density at radius 1 is 0.929 bits per heavy atom. The van der Waals surface area contributed by atoms with Gasteiger partial charge in [-0.1, -0.05) is 0 Å². The molecule has 1 aliphatic heterocycles. The first-order chi connectivity index (χ1) is 4.29. The van der Waals surface area contributed by atoms with Crippen LogP contribution in [0.4, 0.5) is 0 Å². The van der Waals surface area contributed by atoms with Gasteiger partial charge in [0.05, 0.1) is 0 Å². The first kappa shape index (κ1) is 29.5. The summed E-state index contributed by atoms with van der Waals surface area (Å²) >= 11 is 0. The second-order valence-electron chi connectivity index (χ2n) is 2.77. The van der Waals surface area contributed by atoms with Crippen LogP contribution in [0.1, 0.15) is 6.42 Å². The molecule has 4 heteroatoms. The molecule has 14 heavy (non-hydrogen) atoms. The molecule has 0 bridgehead atoms. The second kappa shape index (κ2) is 16.6. The molecule has 1 rings (SSSR count). The molecule has 1 heterocycles. The molecule has 0 atom stereocenters. The fourth-order valence-electron chi connectivity index (χ4n) is 1.10. The fourth-order valence-corrected chi connectivity index (χ4v) is 1.10. The van der Waals surface area contributed by atoms with E-state index < -0.39 is 0 Å². The van der Waals surface area contributed by atoms with Gasteiger partial charge in [-0.3, -0.25) is 7.05 Å². The van der Waals surface area contributed by atoms with E-state index in [0.29, 0.717) is 0 Å². The number of likely N-dealkylation sites (N-methyl/N-ethyl adjacent to an activating group) is 1. The summed E-state index contributed by atoms with van der Waals surface area (Å²) in [4.78, 5) is 4.49. The maximum Gasteiger partial charge on any atom is 0.00821 e. The van der Waals surface area contributed by atoms with Crippen LogP contribution < -0.4 is 0 Å². The van der Waals surface area contributed by atoms with Gasteiger partial charge in [-0.15, -0.1) is 0 Å². The molecular weight excluding hydrogens is 383 g/mol. The van der Waals surface area contributed by atoms with Crippen molar-refractivity contribution in [2.24, 2.45) is 0 Å². The predicted octanol–water partition coefficient (Wildman–Crippen LogP) is 1.76. The average Bonchev–Trinajstić information content (AvgIpc) is 1.97. The summed E-state index contributed by atoms with van der Waals surface area (Å²) in [7, 11) is 6.06. The quantitative estimate of drug-likeness (QED) is 0.565. The third-order valence-electron chi connectivity index (χ3n) is 1.81. The zero-order valence-electron chi connectivity index (χ0n) is 9.99. The van der Waals surface area contributed by atoms with Crippen molar-refractivity contribution in [2.45, 2.75) is 6.42 Å². The Balaban J connectivity index is -0.0000000540. The monoisotopic (exact) mass is 407 g/mol. The van der Waals surface area contributed by atoms with Crippen LogP contribution in [0.15, 0.2) is 0 Å². The van der Waals surface area contributed by atoms with Crippen LogP contribution in [-0.4, -0.2) is 43.0 Å². The molecule has 0 aromatic carbocycles. The van der Waals surface area contributed by atoms with Gasteiger partial charge in [-0.2, -0.15) is 0 Å². The summed E-state index contributed by atoms with van der Waals surface area (Å²) in [5, 5.41) is 0. The van der Waals surface area contributed by atoms with E-state index in [1.165, 1.54) is 19.5 Å². The Kier molecular flexibility index (Phi) is 35.0. The molecule has 0 amide bonds. The van der Waals surface area contributed by atoms with Crippen molar-refractivity contribution in [1.29, 1.82) is 0 Å². The summed E-state index contributed by atoms with van der Waals surface area (Å²) < 4.78 is 0. The van der Waals surface area contributed by atoms with Crippen LogP contribution in [0.3, 0.4) is 0 Å². The molecule has 89 valence electrons. The van der Waals surface area contributed by atoms with Crippen LogP contribution in [0.25, 0.3) is 0 Å². The van der Waals surface area contributed by atoms with E-state index in [-0.39, 0.29) is 61.9 Å². The molecule has 1 saturated heterocycles. The van der Waals surface area contributed by atoms with Gasteiger partial charge in [-0.05, 0) is 33.1 Å². The molecule has 0 aromatic heterocycles. The summed E-state index contributed by atoms with van der Waals surface area (Å²) in [6, 6.07) is 0. The first-order valence-corrected chi connectivity index (χ1v) is 3.53. The van der Waals surface area contributed by atoms with Crippen molar-refractivity contribution in [3.8, 4) is 0 Å². The molecule has 0 unspecified atom stereocenters. The molecule has 0 saturated carbocycles. The number of hydrogen-bond acceptors (Lipinski definition) is 2. The zero-order chi connectivity index (χ0) is 6.69. The van der Waals surface area contributed by atoms with Crippen molar-refractivity contribution < 1.29 is 39.6 Å². The molecule has 0 aromatic rings. The minimum absolute atomic E-state index is 0. The maximum atomic E-state index is 3.90. The topological polar surface area (TPSA) is 6.48 Å². The molecule has 1 radical (unpaired) electrons. The smallest absolute Gasteiger partial charge is 0.00821 e. The maximum absolute atomic E-state index is 3.90. The third kappa shape index (κ3) is 13.2. The summed E-state index contributed by atoms with van der Waals surface area (Å²) in [5.74, 6) is 0. The first-order valence-electron chi connectivity index (χ1n) is 3.53. The van der Waals surface area contributed by atoms with Gasteiger partial charge in [0.25, 0.3) is 0 Å². The van der Waals surface area contributed by atoms with Crippen molar-refractivity contribution in [3.63, 3.8) is 0 Å². The third-order valence-corrected chi connectivity index (χ3v) is 1.81. The molecule has 0 N–H and O–H groups in total. The van der Waals surface area contributed by atoms with Crippen LogP contribution in [0.2, 0.25) is 0 Å². The van der Waals surface area contributed by atoms with E-state index in [4.69, 9.17) is 0 Å². The molecule has 2 nitrogen and oxygen atoms in total. The van der Waals surface area contributed by atoms with Gasteiger partial charge in [0.1, 0.15) is 0 Å². The van der Waals surface area contributed by atoms with Gasteiger partial charge in [-0.25, -0.2) is 0 Å². The Bertz CT molecular complexity index is 84.2. The molecule has 1 fully saturated rings. The van der Waals surface area contributed by atoms with Crippen LogP contribution >= 0.6 is 0 Å². The number of hydrogen-bond donors (Lipinski definition) is 0. The van der Waals surface area contributed by atoms with Crippen molar-refractivity contribution >= 4 is 0 Å². The van der Waals surface area contributed by atoms with Crippen LogP contribution in [-0.2, 0) is 39.6 Å². The van der Waals surface area contributed by atoms with Gasteiger partial charge >= 0.3 is 0 Å². The van der Waals surface area contributed by atoms with Crippen molar-refractivity contribution in [1.82, 2.24) is 9.80 Å². The van der Waals surface area contributed by atoms with Gasteiger partial charge in [0, 0.05) is 46.2 Å². The number of rotatable bonds is 0. The standard InChI is InChI=1S/C7H15N2.3CH3.V.W/c1-8-4-3-5-9(2)7-6-8;;;;;/h1,3-7H2,2H3;3*1H3;;/q4*-1;;. The minimum Gasteiger partial charge on any atom is -0.458 e. The van der Waals surface area contributed by atoms with E-state index >= 15 is 0 Å². The Morgan fingerprint density at radius 3 is 1.93 bits per heavy atom. The molecule has 0 aliphatic carbocycles. The van der Waals surface area contributed by atoms with Crippen molar-refractivity contribution in [3.05, 3.63) is 29.3 Å². The molecule has 0 spiro atoms. The predicted molar refractivity (Wildman–Crippen MR) is 58.3 cm³/mol. The summed E-state index contributed by atoms with van der Waals surface area (Å²) in [6.45, 7) is 4.68. The van der Waals surface area contributed by atoms with E-state index in [0.717, 1.165) is 13.1 Å². The summed E-state index contributed by atoms with van der Waals surface area (Å²) in [6.07, 6.45) is 1.26. The van der Waals surface area contributed by atoms with Crippen LogP contribution in [0, 0.1) is 29.3 Å². The fraction of sp³-hybridized carbons (Fsp3) is 0.600. The van der Waals surface area contributed by atoms with E-state index in [9.17, 15) is 0 Å². The zero-order valence-corrected chi connectivity index (χ0v) is 14.3. The van der Waals surface area contributed by atoms with E-state index in [1.54, 1.807) is 0 Å². The SMILES string of the molecule is [CH2-]N1CCCN(C)CC1.[CH3-].[CH3-].[CH3-].[V].[W]. The second-order valence-corrected chi connectivity index (χ2v) is 2.77. The molecule has 1 aliphatic rings. The van der Waals surface area contributed by atoms with Gasteiger partial charge < -0.3 is 32.1 Å². The Hall–Kier alpha value is 1.19. The Labute approximate surface area is 118 Å². The van der Waals surface area contributed by atoms with Gasteiger partial charge in [0.15, 0.2) is 0 Å². The van der Waals surface area contributed by atoms with E-state index in [2.05, 4.69) is 23.9 Å². The van der Waals surface area contributed by atoms with Crippen molar-refractivity contribution in [2.75, 3.05) is 33.2 Å². The van der Waals surface area contributed by atoms with Gasteiger partial charge in [0.2, 0.25) is 0 Å².